The van der Waals surface area contributed by atoms with E-state index in [2.05, 4.69) is 16.3 Å². The van der Waals surface area contributed by atoms with Crippen molar-refractivity contribution >= 4 is 11.6 Å². The SMILES string of the molecule is N#CCc1ccc(NC(=O)c2ccc(CN3CCCCC3)cc2)cc1. The second-order valence-corrected chi connectivity index (χ2v) is 6.52. The molecule has 4 heteroatoms. The fraction of sp³-hybridized carbons (Fsp3) is 0.333. The molecular formula is C21H23N3O. The summed E-state index contributed by atoms with van der Waals surface area (Å²) in [5.74, 6) is -0.113. The zero-order valence-electron chi connectivity index (χ0n) is 14.4. The smallest absolute Gasteiger partial charge is 0.255 e. The van der Waals surface area contributed by atoms with Crippen LogP contribution in [0.15, 0.2) is 48.5 Å². The molecule has 1 fully saturated rings. The van der Waals surface area contributed by atoms with Gasteiger partial charge in [-0.25, -0.2) is 0 Å². The van der Waals surface area contributed by atoms with Crippen molar-refractivity contribution < 1.29 is 4.79 Å². The number of carbonyl (C=O) groups excluding carboxylic acids is 1. The highest BCUT2D eigenvalue weighted by atomic mass is 16.1. The van der Waals surface area contributed by atoms with E-state index in [1.165, 1.54) is 37.9 Å². The Morgan fingerprint density at radius 2 is 1.60 bits per heavy atom. The van der Waals surface area contributed by atoms with E-state index in [1.807, 2.05) is 48.5 Å². The summed E-state index contributed by atoms with van der Waals surface area (Å²) >= 11 is 0. The summed E-state index contributed by atoms with van der Waals surface area (Å²) in [6, 6.07) is 17.4. The van der Waals surface area contributed by atoms with Gasteiger partial charge in [0, 0.05) is 17.8 Å². The molecule has 3 rings (SSSR count). The van der Waals surface area contributed by atoms with Crippen LogP contribution in [-0.4, -0.2) is 23.9 Å². The third kappa shape index (κ3) is 4.91. The van der Waals surface area contributed by atoms with Gasteiger partial charge in [0.1, 0.15) is 0 Å². The van der Waals surface area contributed by atoms with Gasteiger partial charge in [-0.3, -0.25) is 9.69 Å². The summed E-state index contributed by atoms with van der Waals surface area (Å²) in [6.07, 6.45) is 4.29. The average Bonchev–Trinajstić information content (AvgIpc) is 2.65. The van der Waals surface area contributed by atoms with Crippen LogP contribution in [0.3, 0.4) is 0 Å². The van der Waals surface area contributed by atoms with Crippen molar-refractivity contribution in [3.05, 3.63) is 65.2 Å². The first-order chi connectivity index (χ1) is 12.2. The minimum absolute atomic E-state index is 0.113. The second-order valence-electron chi connectivity index (χ2n) is 6.52. The van der Waals surface area contributed by atoms with Crippen molar-refractivity contribution in [1.82, 2.24) is 4.90 Å². The average molecular weight is 333 g/mol. The van der Waals surface area contributed by atoms with Crippen molar-refractivity contribution in [1.29, 1.82) is 5.26 Å². The summed E-state index contributed by atoms with van der Waals surface area (Å²) < 4.78 is 0. The van der Waals surface area contributed by atoms with Crippen LogP contribution in [0.25, 0.3) is 0 Å². The monoisotopic (exact) mass is 333 g/mol. The van der Waals surface area contributed by atoms with Gasteiger partial charge in [-0.05, 0) is 61.3 Å². The number of nitrogens with zero attached hydrogens (tertiary/aromatic N) is 2. The number of likely N-dealkylation sites (tertiary alicyclic amines) is 1. The quantitative estimate of drug-likeness (QED) is 0.900. The molecule has 0 spiro atoms. The fourth-order valence-corrected chi connectivity index (χ4v) is 3.14. The summed E-state index contributed by atoms with van der Waals surface area (Å²) in [4.78, 5) is 14.8. The van der Waals surface area contributed by atoms with Gasteiger partial charge in [-0.15, -0.1) is 0 Å². The predicted octanol–water partition coefficient (Wildman–Crippen LogP) is 3.99. The molecule has 128 valence electrons. The van der Waals surface area contributed by atoms with E-state index in [1.54, 1.807) is 0 Å². The zero-order chi connectivity index (χ0) is 17.5. The third-order valence-electron chi connectivity index (χ3n) is 4.57. The molecule has 0 saturated carbocycles. The first-order valence-corrected chi connectivity index (χ1v) is 8.83. The zero-order valence-corrected chi connectivity index (χ0v) is 14.4. The van der Waals surface area contributed by atoms with E-state index in [0.717, 1.165) is 17.8 Å². The minimum Gasteiger partial charge on any atom is -0.322 e. The van der Waals surface area contributed by atoms with E-state index in [0.29, 0.717) is 12.0 Å². The number of piperidine rings is 1. The maximum Gasteiger partial charge on any atom is 0.255 e. The molecule has 1 aliphatic heterocycles. The molecule has 1 heterocycles. The van der Waals surface area contributed by atoms with Gasteiger partial charge >= 0.3 is 0 Å². The first-order valence-electron chi connectivity index (χ1n) is 8.83. The number of hydrogen-bond acceptors (Lipinski definition) is 3. The van der Waals surface area contributed by atoms with Crippen molar-refractivity contribution in [2.24, 2.45) is 0 Å². The van der Waals surface area contributed by atoms with Gasteiger partial charge in [0.2, 0.25) is 0 Å². The Morgan fingerprint density at radius 3 is 2.24 bits per heavy atom. The van der Waals surface area contributed by atoms with E-state index >= 15 is 0 Å². The number of nitrogens with one attached hydrogen (secondary N) is 1. The lowest BCUT2D eigenvalue weighted by molar-refractivity contribution is 0.102. The molecule has 0 bridgehead atoms. The van der Waals surface area contributed by atoms with E-state index in [4.69, 9.17) is 5.26 Å². The molecule has 1 N–H and O–H groups in total. The molecule has 0 radical (unpaired) electrons. The Labute approximate surface area is 149 Å². The van der Waals surface area contributed by atoms with Gasteiger partial charge in [0.25, 0.3) is 5.91 Å². The molecule has 4 nitrogen and oxygen atoms in total. The van der Waals surface area contributed by atoms with Gasteiger partial charge in [0.05, 0.1) is 12.5 Å². The van der Waals surface area contributed by atoms with Crippen LogP contribution in [0.1, 0.15) is 40.7 Å². The van der Waals surface area contributed by atoms with Gasteiger partial charge in [-0.1, -0.05) is 30.7 Å². The number of anilines is 1. The molecule has 2 aromatic rings. The molecule has 25 heavy (non-hydrogen) atoms. The highest BCUT2D eigenvalue weighted by molar-refractivity contribution is 6.04. The van der Waals surface area contributed by atoms with Crippen LogP contribution in [0.5, 0.6) is 0 Å². The first kappa shape index (κ1) is 17.2. The lowest BCUT2D eigenvalue weighted by atomic mass is 10.1. The van der Waals surface area contributed by atoms with Crippen molar-refractivity contribution in [3.63, 3.8) is 0 Å². The normalized spacial score (nSPS) is 14.7. The summed E-state index contributed by atoms with van der Waals surface area (Å²) in [5, 5.41) is 11.6. The summed E-state index contributed by atoms with van der Waals surface area (Å²) in [5.41, 5.74) is 3.59. The third-order valence-corrected chi connectivity index (χ3v) is 4.57. The lowest BCUT2D eigenvalue weighted by Crippen LogP contribution is -2.29. The number of rotatable bonds is 5. The van der Waals surface area contributed by atoms with Crippen LogP contribution in [-0.2, 0) is 13.0 Å². The minimum atomic E-state index is -0.113. The molecule has 0 unspecified atom stereocenters. The molecule has 1 aliphatic rings. The van der Waals surface area contributed by atoms with Crippen molar-refractivity contribution in [2.75, 3.05) is 18.4 Å². The summed E-state index contributed by atoms with van der Waals surface area (Å²) in [6.45, 7) is 3.30. The Morgan fingerprint density at radius 1 is 0.960 bits per heavy atom. The molecule has 1 amide bonds. The Kier molecular flexibility index (Phi) is 5.81. The Bertz CT molecular complexity index is 738. The predicted molar refractivity (Wildman–Crippen MR) is 99.3 cm³/mol. The van der Waals surface area contributed by atoms with Crippen LogP contribution < -0.4 is 5.32 Å². The fourth-order valence-electron chi connectivity index (χ4n) is 3.14. The number of benzene rings is 2. The van der Waals surface area contributed by atoms with Crippen molar-refractivity contribution in [2.45, 2.75) is 32.2 Å². The second kappa shape index (κ2) is 8.46. The highest BCUT2D eigenvalue weighted by Gasteiger charge is 2.11. The maximum absolute atomic E-state index is 12.4. The lowest BCUT2D eigenvalue weighted by Gasteiger charge is -2.26. The molecule has 1 saturated heterocycles. The molecule has 2 aromatic carbocycles. The number of carbonyl (C=O) groups is 1. The van der Waals surface area contributed by atoms with Gasteiger partial charge in [-0.2, -0.15) is 5.26 Å². The van der Waals surface area contributed by atoms with Crippen LogP contribution in [0, 0.1) is 11.3 Å². The van der Waals surface area contributed by atoms with E-state index < -0.39 is 0 Å². The molecular weight excluding hydrogens is 310 g/mol. The Balaban J connectivity index is 1.57. The van der Waals surface area contributed by atoms with Crippen LogP contribution >= 0.6 is 0 Å². The van der Waals surface area contributed by atoms with Crippen molar-refractivity contribution in [3.8, 4) is 6.07 Å². The molecule has 0 aromatic heterocycles. The van der Waals surface area contributed by atoms with Crippen LogP contribution in [0.4, 0.5) is 5.69 Å². The maximum atomic E-state index is 12.4. The summed E-state index contributed by atoms with van der Waals surface area (Å²) in [7, 11) is 0. The largest absolute Gasteiger partial charge is 0.322 e. The number of hydrogen-bond donors (Lipinski definition) is 1. The van der Waals surface area contributed by atoms with E-state index in [9.17, 15) is 4.79 Å². The van der Waals surface area contributed by atoms with Gasteiger partial charge in [0.15, 0.2) is 0 Å². The molecule has 0 aliphatic carbocycles. The molecule has 0 atom stereocenters. The van der Waals surface area contributed by atoms with Crippen LogP contribution in [0.2, 0.25) is 0 Å². The van der Waals surface area contributed by atoms with E-state index in [-0.39, 0.29) is 5.91 Å². The highest BCUT2D eigenvalue weighted by Crippen LogP contribution is 2.15. The number of amides is 1. The standard InChI is InChI=1S/C21H23N3O/c22-13-12-17-6-10-20(11-7-17)23-21(25)19-8-4-18(5-9-19)16-24-14-2-1-3-15-24/h4-11H,1-3,12,14-16H2,(H,23,25). The Hall–Kier alpha value is -2.64. The van der Waals surface area contributed by atoms with Gasteiger partial charge < -0.3 is 5.32 Å². The number of nitriles is 1. The topological polar surface area (TPSA) is 56.1 Å².